The van der Waals surface area contributed by atoms with E-state index in [0.29, 0.717) is 37.2 Å². The van der Waals surface area contributed by atoms with Gasteiger partial charge in [-0.05, 0) is 62.6 Å². The molecule has 46 heavy (non-hydrogen) atoms. The third-order valence-electron chi connectivity index (χ3n) is 6.83. The van der Waals surface area contributed by atoms with E-state index in [2.05, 4.69) is 32.8 Å². The molecule has 0 aromatic heterocycles. The first-order valence-corrected chi connectivity index (χ1v) is 15.8. The molecule has 1 aliphatic heterocycles. The smallest absolute Gasteiger partial charge is 0.328 e. The second kappa shape index (κ2) is 16.4. The number of carbonyl (C=O) groups excluding carboxylic acids is 3. The fourth-order valence-corrected chi connectivity index (χ4v) is 6.31. The molecule has 1 heterocycles. The van der Waals surface area contributed by atoms with Crippen molar-refractivity contribution in [3.63, 3.8) is 0 Å². The van der Waals surface area contributed by atoms with Crippen molar-refractivity contribution in [2.75, 3.05) is 31.5 Å². The van der Waals surface area contributed by atoms with Gasteiger partial charge < -0.3 is 43.6 Å². The van der Waals surface area contributed by atoms with Gasteiger partial charge in [-0.1, -0.05) is 24.8 Å². The summed E-state index contributed by atoms with van der Waals surface area (Å²) in [6, 6.07) is 9.43. The molecule has 11 N–H and O–H groups in total. The standard InChI is InChI=1S/C29H39N9O7S/c1-18(7-5-11-30)35-20-13-19(14-21(15-20)36-29(31)32)26(40)34-17-25(39)33-16-23(28(42)43)37-27(41)24-10-6-12-38(24)46(44,45)22-8-3-2-4-9-22/h2-4,8-9,13-15,23-24,35H,1,5-7,10-12,16-17,30H2,(H,33,39)(H,34,40)(H,37,41)(H,42,43)(H4,31,32,36). The Hall–Kier alpha value is -5.00. The number of carboxylic acid groups (broad SMARTS) is 1. The molecule has 0 radical (unpaired) electrons. The van der Waals surface area contributed by atoms with Crippen LogP contribution in [-0.4, -0.2) is 85.7 Å². The number of carboxylic acids is 1. The summed E-state index contributed by atoms with van der Waals surface area (Å²) >= 11 is 0. The number of sulfonamides is 1. The van der Waals surface area contributed by atoms with E-state index in [0.717, 1.165) is 4.31 Å². The van der Waals surface area contributed by atoms with Crippen molar-refractivity contribution in [1.29, 1.82) is 0 Å². The minimum Gasteiger partial charge on any atom is -0.480 e. The van der Waals surface area contributed by atoms with Gasteiger partial charge in [0, 0.05) is 30.0 Å². The Bertz CT molecular complexity index is 1580. The average molecular weight is 658 g/mol. The number of aliphatic carboxylic acids is 1. The number of nitrogens with one attached hydrogen (secondary N) is 4. The van der Waals surface area contributed by atoms with E-state index >= 15 is 0 Å². The fraction of sp³-hybridized carbons (Fsp3) is 0.345. The molecule has 16 nitrogen and oxygen atoms in total. The summed E-state index contributed by atoms with van der Waals surface area (Å²) in [6.07, 6.45) is 1.90. The first-order valence-electron chi connectivity index (χ1n) is 14.4. The number of hydrogen-bond donors (Lipinski definition) is 8. The topological polar surface area (TPSA) is 264 Å². The highest BCUT2D eigenvalue weighted by Crippen LogP contribution is 2.26. The molecule has 17 heteroatoms. The highest BCUT2D eigenvalue weighted by molar-refractivity contribution is 7.89. The zero-order valence-corrected chi connectivity index (χ0v) is 25.9. The molecule has 0 bridgehead atoms. The van der Waals surface area contributed by atoms with Crippen molar-refractivity contribution in [1.82, 2.24) is 20.3 Å². The number of rotatable bonds is 16. The quantitative estimate of drug-likeness (QED) is 0.0844. The minimum absolute atomic E-state index is 0.0159. The van der Waals surface area contributed by atoms with Crippen molar-refractivity contribution < 1.29 is 32.7 Å². The summed E-state index contributed by atoms with van der Waals surface area (Å²) in [5, 5.41) is 19.8. The van der Waals surface area contributed by atoms with Gasteiger partial charge in [-0.25, -0.2) is 18.2 Å². The summed E-state index contributed by atoms with van der Waals surface area (Å²) in [6.45, 7) is 3.45. The third kappa shape index (κ3) is 10.0. The van der Waals surface area contributed by atoms with E-state index in [9.17, 15) is 32.7 Å². The molecule has 2 aromatic carbocycles. The van der Waals surface area contributed by atoms with Crippen molar-refractivity contribution in [3.8, 4) is 0 Å². The van der Waals surface area contributed by atoms with Crippen molar-refractivity contribution in [3.05, 3.63) is 66.4 Å². The van der Waals surface area contributed by atoms with E-state index in [1.54, 1.807) is 24.3 Å². The van der Waals surface area contributed by atoms with Crippen LogP contribution in [0.25, 0.3) is 0 Å². The molecule has 2 atom stereocenters. The van der Waals surface area contributed by atoms with E-state index in [1.807, 2.05) is 0 Å². The number of carbonyl (C=O) groups is 4. The van der Waals surface area contributed by atoms with Crippen LogP contribution < -0.4 is 38.5 Å². The molecule has 0 saturated carbocycles. The Labute approximate surface area is 266 Å². The zero-order chi connectivity index (χ0) is 33.9. The van der Waals surface area contributed by atoms with Crippen LogP contribution in [0.3, 0.4) is 0 Å². The van der Waals surface area contributed by atoms with Crippen LogP contribution in [0, 0.1) is 0 Å². The van der Waals surface area contributed by atoms with Crippen LogP contribution >= 0.6 is 0 Å². The van der Waals surface area contributed by atoms with Crippen molar-refractivity contribution in [2.45, 2.75) is 42.7 Å². The molecule has 1 saturated heterocycles. The third-order valence-corrected chi connectivity index (χ3v) is 8.75. The lowest BCUT2D eigenvalue weighted by molar-refractivity contribution is -0.142. The monoisotopic (exact) mass is 657 g/mol. The molecule has 2 unspecified atom stereocenters. The Kier molecular flexibility index (Phi) is 12.6. The van der Waals surface area contributed by atoms with E-state index in [4.69, 9.17) is 17.2 Å². The van der Waals surface area contributed by atoms with Gasteiger partial charge in [-0.3, -0.25) is 14.4 Å². The lowest BCUT2D eigenvalue weighted by Gasteiger charge is -2.25. The average Bonchev–Trinajstić information content (AvgIpc) is 3.52. The minimum atomic E-state index is -3.99. The number of benzene rings is 2. The fourth-order valence-electron chi connectivity index (χ4n) is 4.64. The molecule has 1 aliphatic rings. The number of anilines is 1. The Balaban J connectivity index is 1.59. The number of hydrogen-bond acceptors (Lipinski definition) is 9. The lowest BCUT2D eigenvalue weighted by atomic mass is 10.1. The maximum atomic E-state index is 13.1. The number of amides is 3. The number of allylic oxidation sites excluding steroid dienone is 1. The lowest BCUT2D eigenvalue weighted by Crippen LogP contribution is -2.54. The van der Waals surface area contributed by atoms with Gasteiger partial charge in [0.05, 0.1) is 17.1 Å². The van der Waals surface area contributed by atoms with Crippen molar-refractivity contribution >= 4 is 51.0 Å². The van der Waals surface area contributed by atoms with Crippen LogP contribution in [-0.2, 0) is 24.4 Å². The van der Waals surface area contributed by atoms with Gasteiger partial charge in [0.2, 0.25) is 21.8 Å². The normalized spacial score (nSPS) is 15.3. The van der Waals surface area contributed by atoms with Crippen molar-refractivity contribution in [2.24, 2.45) is 22.2 Å². The highest BCUT2D eigenvalue weighted by Gasteiger charge is 2.40. The second-order valence-electron chi connectivity index (χ2n) is 10.4. The first-order chi connectivity index (χ1) is 21.8. The predicted molar refractivity (Wildman–Crippen MR) is 171 cm³/mol. The summed E-state index contributed by atoms with van der Waals surface area (Å²) in [5.74, 6) is -3.87. The maximum absolute atomic E-state index is 13.1. The summed E-state index contributed by atoms with van der Waals surface area (Å²) in [5.41, 5.74) is 18.0. The molecule has 0 aliphatic carbocycles. The number of guanidine groups is 1. The van der Waals surface area contributed by atoms with Gasteiger partial charge in [0.15, 0.2) is 5.96 Å². The molecular formula is C29H39N9O7S. The van der Waals surface area contributed by atoms with Crippen LogP contribution in [0.5, 0.6) is 0 Å². The number of nitrogens with zero attached hydrogens (tertiary/aromatic N) is 2. The van der Waals surface area contributed by atoms with E-state index in [-0.39, 0.29) is 35.1 Å². The largest absolute Gasteiger partial charge is 0.480 e. The predicted octanol–water partition coefficient (Wildman–Crippen LogP) is -0.475. The summed E-state index contributed by atoms with van der Waals surface area (Å²) < 4.78 is 27.2. The summed E-state index contributed by atoms with van der Waals surface area (Å²) in [4.78, 5) is 54.3. The maximum Gasteiger partial charge on any atom is 0.328 e. The van der Waals surface area contributed by atoms with Gasteiger partial charge in [0.25, 0.3) is 5.91 Å². The molecule has 248 valence electrons. The second-order valence-corrected chi connectivity index (χ2v) is 12.3. The van der Waals surface area contributed by atoms with Crippen LogP contribution in [0.4, 0.5) is 11.4 Å². The van der Waals surface area contributed by atoms with E-state index in [1.165, 1.54) is 24.3 Å². The molecule has 3 amide bonds. The number of aliphatic imine (C=N–C) groups is 1. The van der Waals surface area contributed by atoms with E-state index < -0.39 is 58.9 Å². The Morgan fingerprint density at radius 3 is 2.46 bits per heavy atom. The SMILES string of the molecule is C=C(CCCN)Nc1cc(N=C(N)N)cc(C(=O)NCC(=O)NCC(NC(=O)C2CCCN2S(=O)(=O)c2ccccc2)C(=O)O)c1. The van der Waals surface area contributed by atoms with Gasteiger partial charge in [0.1, 0.15) is 12.1 Å². The molecule has 2 aromatic rings. The molecular weight excluding hydrogens is 618 g/mol. The molecule has 1 fully saturated rings. The number of nitrogens with two attached hydrogens (primary N) is 3. The molecule has 0 spiro atoms. The van der Waals surface area contributed by atoms with Gasteiger partial charge in [-0.2, -0.15) is 4.31 Å². The zero-order valence-electron chi connectivity index (χ0n) is 25.1. The van der Waals surface area contributed by atoms with Gasteiger partial charge in [-0.15, -0.1) is 0 Å². The van der Waals surface area contributed by atoms with Crippen LogP contribution in [0.15, 0.2) is 70.7 Å². The molecule has 3 rings (SSSR count). The van der Waals surface area contributed by atoms with Crippen LogP contribution in [0.2, 0.25) is 0 Å². The van der Waals surface area contributed by atoms with Gasteiger partial charge >= 0.3 is 5.97 Å². The summed E-state index contributed by atoms with van der Waals surface area (Å²) in [7, 11) is -3.99. The van der Waals surface area contributed by atoms with Crippen LogP contribution in [0.1, 0.15) is 36.0 Å². The first kappa shape index (κ1) is 35.5. The Morgan fingerprint density at radius 2 is 1.80 bits per heavy atom. The Morgan fingerprint density at radius 1 is 1.09 bits per heavy atom. The highest BCUT2D eigenvalue weighted by atomic mass is 32.2.